The number of carbonyl (C=O) groups excluding carboxylic acids is 1. The Morgan fingerprint density at radius 1 is 1.04 bits per heavy atom. The molecule has 4 heterocycles. The lowest BCUT2D eigenvalue weighted by atomic mass is 9.96. The summed E-state index contributed by atoms with van der Waals surface area (Å²) >= 11 is 0. The van der Waals surface area contributed by atoms with Gasteiger partial charge in [-0.1, -0.05) is 0 Å². The zero-order valence-corrected chi connectivity index (χ0v) is 14.3. The van der Waals surface area contributed by atoms with Gasteiger partial charge in [-0.15, -0.1) is 0 Å². The van der Waals surface area contributed by atoms with Crippen LogP contribution < -0.4 is 9.47 Å². The van der Waals surface area contributed by atoms with E-state index in [-0.39, 0.29) is 5.91 Å². The van der Waals surface area contributed by atoms with Crippen LogP contribution in [0.5, 0.6) is 11.5 Å². The molecular weight excluding hydrogens is 322 g/mol. The van der Waals surface area contributed by atoms with Crippen LogP contribution in [0.2, 0.25) is 0 Å². The molecular formula is C19H23NO5. The average Bonchev–Trinajstić information content (AvgIpc) is 3.36. The second-order valence-corrected chi connectivity index (χ2v) is 7.18. The molecule has 25 heavy (non-hydrogen) atoms. The lowest BCUT2D eigenvalue weighted by Gasteiger charge is -2.37. The Balaban J connectivity index is 1.34. The van der Waals surface area contributed by atoms with Crippen molar-refractivity contribution in [3.63, 3.8) is 0 Å². The number of carbonyl (C=O) groups is 1. The fourth-order valence-corrected chi connectivity index (χ4v) is 4.42. The van der Waals surface area contributed by atoms with Crippen LogP contribution in [0.4, 0.5) is 0 Å². The van der Waals surface area contributed by atoms with Gasteiger partial charge in [-0.3, -0.25) is 4.79 Å². The number of amides is 1. The van der Waals surface area contributed by atoms with E-state index in [4.69, 9.17) is 18.9 Å². The number of fused-ring (bicyclic) bond motifs is 2. The van der Waals surface area contributed by atoms with Crippen molar-refractivity contribution < 1.29 is 23.7 Å². The van der Waals surface area contributed by atoms with E-state index in [1.807, 2.05) is 4.90 Å². The van der Waals surface area contributed by atoms with Gasteiger partial charge >= 0.3 is 0 Å². The summed E-state index contributed by atoms with van der Waals surface area (Å²) in [6.45, 7) is 4.09. The lowest BCUT2D eigenvalue weighted by molar-refractivity contribution is -0.187. The van der Waals surface area contributed by atoms with Crippen LogP contribution in [0.25, 0.3) is 0 Å². The first kappa shape index (κ1) is 15.5. The topological polar surface area (TPSA) is 57.2 Å². The van der Waals surface area contributed by atoms with E-state index in [0.717, 1.165) is 48.3 Å². The van der Waals surface area contributed by atoms with Crippen molar-refractivity contribution in [1.29, 1.82) is 0 Å². The van der Waals surface area contributed by atoms with Gasteiger partial charge in [0.25, 0.3) is 0 Å². The van der Waals surface area contributed by atoms with Crippen molar-refractivity contribution in [3.05, 3.63) is 22.8 Å². The Hall–Kier alpha value is -1.79. The molecule has 4 aliphatic heterocycles. The molecule has 0 atom stereocenters. The predicted octanol–water partition coefficient (Wildman–Crippen LogP) is 1.46. The molecule has 1 amide bonds. The first-order valence-corrected chi connectivity index (χ1v) is 9.23. The number of benzene rings is 1. The number of likely N-dealkylation sites (tertiary alicyclic amines) is 1. The number of hydrogen-bond donors (Lipinski definition) is 0. The summed E-state index contributed by atoms with van der Waals surface area (Å²) in [7, 11) is 0. The first-order valence-electron chi connectivity index (χ1n) is 9.23. The number of hydrogen-bond acceptors (Lipinski definition) is 5. The minimum Gasteiger partial charge on any atom is -0.493 e. The van der Waals surface area contributed by atoms with Gasteiger partial charge in [-0.05, 0) is 6.07 Å². The fraction of sp³-hybridized carbons (Fsp3) is 0.632. The quantitative estimate of drug-likeness (QED) is 0.812. The van der Waals surface area contributed by atoms with Crippen LogP contribution in [0.1, 0.15) is 29.5 Å². The Morgan fingerprint density at radius 2 is 1.80 bits per heavy atom. The van der Waals surface area contributed by atoms with Crippen molar-refractivity contribution in [2.24, 2.45) is 0 Å². The van der Waals surface area contributed by atoms with Gasteiger partial charge in [0.1, 0.15) is 11.5 Å². The minimum atomic E-state index is -0.441. The number of piperidine rings is 1. The van der Waals surface area contributed by atoms with Gasteiger partial charge in [-0.25, -0.2) is 0 Å². The van der Waals surface area contributed by atoms with Crippen molar-refractivity contribution in [2.45, 2.75) is 37.9 Å². The zero-order chi connectivity index (χ0) is 16.9. The molecule has 6 heteroatoms. The van der Waals surface area contributed by atoms with Gasteiger partial charge in [0.05, 0.1) is 32.8 Å². The number of ether oxygens (including phenoxy) is 4. The van der Waals surface area contributed by atoms with Crippen LogP contribution >= 0.6 is 0 Å². The second kappa shape index (κ2) is 5.88. The molecule has 6 nitrogen and oxygen atoms in total. The molecule has 0 aliphatic carbocycles. The fourth-order valence-electron chi connectivity index (χ4n) is 4.42. The molecule has 0 bridgehead atoms. The molecule has 1 aromatic rings. The van der Waals surface area contributed by atoms with Crippen molar-refractivity contribution in [1.82, 2.24) is 4.90 Å². The van der Waals surface area contributed by atoms with Crippen LogP contribution in [-0.4, -0.2) is 56.1 Å². The summed E-state index contributed by atoms with van der Waals surface area (Å²) in [6, 6.07) is 2.10. The standard InChI is InChI=1S/C19H23NO5/c21-17(20-5-3-19(4-6-20)24-9-10-25-19)12-15-14-2-8-22-16(14)11-13-1-7-23-18(13)15/h11H,1-10,12H2. The SMILES string of the molecule is O=C(Cc1c2c(cc3c1OCC3)OCC2)N1CCC2(CC1)OCCO2. The Kier molecular flexibility index (Phi) is 3.64. The predicted molar refractivity (Wildman–Crippen MR) is 89.0 cm³/mol. The van der Waals surface area contributed by atoms with Gasteiger partial charge in [-0.2, -0.15) is 0 Å². The van der Waals surface area contributed by atoms with Crippen LogP contribution in [0.15, 0.2) is 6.07 Å². The lowest BCUT2D eigenvalue weighted by Crippen LogP contribution is -2.47. The van der Waals surface area contributed by atoms with E-state index in [0.29, 0.717) is 45.9 Å². The van der Waals surface area contributed by atoms with E-state index in [2.05, 4.69) is 6.07 Å². The van der Waals surface area contributed by atoms with Crippen LogP contribution in [0, 0.1) is 0 Å². The first-order chi connectivity index (χ1) is 12.2. The number of nitrogens with zero attached hydrogens (tertiary/aromatic N) is 1. The third kappa shape index (κ3) is 2.59. The monoisotopic (exact) mass is 345 g/mol. The highest BCUT2D eigenvalue weighted by atomic mass is 16.7. The maximum Gasteiger partial charge on any atom is 0.227 e. The molecule has 0 saturated carbocycles. The highest BCUT2D eigenvalue weighted by Crippen LogP contribution is 2.41. The second-order valence-electron chi connectivity index (χ2n) is 7.18. The third-order valence-electron chi connectivity index (χ3n) is 5.78. The summed E-state index contributed by atoms with van der Waals surface area (Å²) in [5.74, 6) is 1.58. The van der Waals surface area contributed by atoms with Crippen molar-refractivity contribution in [3.8, 4) is 11.5 Å². The summed E-state index contributed by atoms with van der Waals surface area (Å²) in [4.78, 5) is 14.9. The molecule has 1 aromatic carbocycles. The van der Waals surface area contributed by atoms with E-state index in [1.54, 1.807) is 0 Å². The number of rotatable bonds is 2. The largest absolute Gasteiger partial charge is 0.493 e. The third-order valence-corrected chi connectivity index (χ3v) is 5.78. The molecule has 134 valence electrons. The van der Waals surface area contributed by atoms with Gasteiger partial charge < -0.3 is 23.8 Å². The normalized spacial score (nSPS) is 23.3. The van der Waals surface area contributed by atoms with Gasteiger partial charge in [0.15, 0.2) is 5.79 Å². The Labute approximate surface area is 147 Å². The van der Waals surface area contributed by atoms with Gasteiger partial charge in [0.2, 0.25) is 5.91 Å². The van der Waals surface area contributed by atoms with E-state index >= 15 is 0 Å². The summed E-state index contributed by atoms with van der Waals surface area (Å²) in [5.41, 5.74) is 3.37. The van der Waals surface area contributed by atoms with E-state index < -0.39 is 5.79 Å². The Bertz CT molecular complexity index is 668. The van der Waals surface area contributed by atoms with E-state index in [9.17, 15) is 4.79 Å². The smallest absolute Gasteiger partial charge is 0.227 e. The van der Waals surface area contributed by atoms with Crippen LogP contribution in [-0.2, 0) is 33.5 Å². The molecule has 0 N–H and O–H groups in total. The molecule has 0 radical (unpaired) electrons. The highest BCUT2D eigenvalue weighted by molar-refractivity contribution is 5.81. The van der Waals surface area contributed by atoms with Crippen LogP contribution in [0.3, 0.4) is 0 Å². The molecule has 2 saturated heterocycles. The highest BCUT2D eigenvalue weighted by Gasteiger charge is 2.41. The average molecular weight is 345 g/mol. The summed E-state index contributed by atoms with van der Waals surface area (Å²) in [5, 5.41) is 0. The minimum absolute atomic E-state index is 0.158. The maximum atomic E-state index is 12.9. The molecule has 5 rings (SSSR count). The summed E-state index contributed by atoms with van der Waals surface area (Å²) < 4.78 is 23.1. The van der Waals surface area contributed by atoms with E-state index in [1.165, 1.54) is 5.56 Å². The zero-order valence-electron chi connectivity index (χ0n) is 14.3. The van der Waals surface area contributed by atoms with Crippen molar-refractivity contribution >= 4 is 5.91 Å². The molecule has 0 aromatic heterocycles. The molecule has 2 fully saturated rings. The summed E-state index contributed by atoms with van der Waals surface area (Å²) in [6.07, 6.45) is 3.66. The maximum absolute atomic E-state index is 12.9. The molecule has 1 spiro atoms. The molecule has 0 unspecified atom stereocenters. The Morgan fingerprint density at radius 3 is 2.60 bits per heavy atom. The molecule has 4 aliphatic rings. The van der Waals surface area contributed by atoms with Crippen molar-refractivity contribution in [2.75, 3.05) is 39.5 Å². The van der Waals surface area contributed by atoms with Gasteiger partial charge in [0, 0.05) is 55.5 Å².